The van der Waals surface area contributed by atoms with Crippen LogP contribution in [0, 0.1) is 0 Å². The minimum absolute atomic E-state index is 0.128. The Morgan fingerprint density at radius 2 is 2.15 bits per heavy atom. The van der Waals surface area contributed by atoms with Gasteiger partial charge < -0.3 is 10.3 Å². The van der Waals surface area contributed by atoms with E-state index in [1.165, 1.54) is 0 Å². The Labute approximate surface area is 129 Å². The first kappa shape index (κ1) is 14.7. The Balaban J connectivity index is 1.77. The maximum Gasteiger partial charge on any atom is 0.234 e. The highest BCUT2D eigenvalue weighted by atomic mass is 32.2. The molecule has 112 valence electrons. The van der Waals surface area contributed by atoms with Gasteiger partial charge in [-0.05, 0) is 19.8 Å². The summed E-state index contributed by atoms with van der Waals surface area (Å²) >= 11 is 3.97. The molecule has 1 aromatic heterocycles. The van der Waals surface area contributed by atoms with Crippen molar-refractivity contribution < 1.29 is 4.52 Å². The Hall–Kier alpha value is -0.200. The average Bonchev–Trinajstić information content (AvgIpc) is 3.02. The van der Waals surface area contributed by atoms with Crippen molar-refractivity contribution in [1.29, 1.82) is 0 Å². The van der Waals surface area contributed by atoms with Crippen LogP contribution in [0.25, 0.3) is 0 Å². The fourth-order valence-electron chi connectivity index (χ4n) is 2.98. The van der Waals surface area contributed by atoms with E-state index < -0.39 is 0 Å². The number of nitrogens with two attached hydrogens (primary N) is 1. The third-order valence-corrected chi connectivity index (χ3v) is 8.19. The van der Waals surface area contributed by atoms with Crippen LogP contribution in [0.1, 0.15) is 57.0 Å². The van der Waals surface area contributed by atoms with E-state index in [1.807, 2.05) is 23.5 Å². The lowest BCUT2D eigenvalue weighted by molar-refractivity contribution is 0.276. The van der Waals surface area contributed by atoms with Crippen LogP contribution in [0.3, 0.4) is 0 Å². The fourth-order valence-corrected chi connectivity index (χ4v) is 5.81. The number of thioether (sulfide) groups is 2. The summed E-state index contributed by atoms with van der Waals surface area (Å²) in [7, 11) is 0. The number of aromatic nitrogens is 2. The van der Waals surface area contributed by atoms with Crippen molar-refractivity contribution in [2.45, 2.75) is 67.2 Å². The summed E-state index contributed by atoms with van der Waals surface area (Å²) in [5.41, 5.74) is 6.11. The first-order chi connectivity index (χ1) is 9.50. The highest BCUT2D eigenvalue weighted by Crippen LogP contribution is 2.44. The number of nitrogens with zero attached hydrogens (tertiary/aromatic N) is 2. The van der Waals surface area contributed by atoms with Gasteiger partial charge in [0, 0.05) is 22.3 Å². The molecule has 0 spiro atoms. The molecule has 1 aliphatic heterocycles. The van der Waals surface area contributed by atoms with Gasteiger partial charge in [-0.1, -0.05) is 25.4 Å². The molecular formula is C14H23N3OS2. The van der Waals surface area contributed by atoms with Gasteiger partial charge in [0.15, 0.2) is 5.82 Å². The highest BCUT2D eigenvalue weighted by Gasteiger charge is 2.43. The van der Waals surface area contributed by atoms with Crippen molar-refractivity contribution in [3.05, 3.63) is 11.7 Å². The van der Waals surface area contributed by atoms with E-state index in [1.54, 1.807) is 0 Å². The lowest BCUT2D eigenvalue weighted by atomic mass is 9.85. The van der Waals surface area contributed by atoms with E-state index in [-0.39, 0.29) is 11.5 Å². The van der Waals surface area contributed by atoms with Gasteiger partial charge in [-0.25, -0.2) is 0 Å². The molecule has 1 aromatic rings. The number of hydrogen-bond donors (Lipinski definition) is 1. The maximum absolute atomic E-state index is 6.24. The van der Waals surface area contributed by atoms with Gasteiger partial charge in [0.2, 0.25) is 5.89 Å². The lowest BCUT2D eigenvalue weighted by Crippen LogP contribution is -2.38. The molecule has 20 heavy (non-hydrogen) atoms. The van der Waals surface area contributed by atoms with Crippen LogP contribution in [-0.2, 0) is 5.41 Å². The molecule has 5 atom stereocenters. The molecule has 6 heteroatoms. The van der Waals surface area contributed by atoms with Crippen LogP contribution >= 0.6 is 23.5 Å². The zero-order chi connectivity index (χ0) is 14.3. The second-order valence-corrected chi connectivity index (χ2v) is 9.24. The van der Waals surface area contributed by atoms with Crippen LogP contribution in [0.2, 0.25) is 0 Å². The van der Waals surface area contributed by atoms with Crippen molar-refractivity contribution in [2.24, 2.45) is 5.73 Å². The molecule has 0 amide bonds. The smallest absolute Gasteiger partial charge is 0.234 e. The topological polar surface area (TPSA) is 64.9 Å². The van der Waals surface area contributed by atoms with E-state index in [4.69, 9.17) is 15.2 Å². The molecule has 2 aliphatic rings. The molecule has 0 radical (unpaired) electrons. The molecule has 3 rings (SSSR count). The van der Waals surface area contributed by atoms with Gasteiger partial charge in [-0.3, -0.25) is 0 Å². The largest absolute Gasteiger partial charge is 0.339 e. The normalized spacial score (nSPS) is 42.0. The predicted octanol–water partition coefficient (Wildman–Crippen LogP) is 3.14. The maximum atomic E-state index is 6.24. The lowest BCUT2D eigenvalue weighted by Gasteiger charge is -2.29. The van der Waals surface area contributed by atoms with Crippen molar-refractivity contribution in [1.82, 2.24) is 10.1 Å². The van der Waals surface area contributed by atoms with E-state index in [9.17, 15) is 0 Å². The quantitative estimate of drug-likeness (QED) is 0.905. The standard InChI is InChI=1S/C14H23N3OS2/c1-8-9(2)20-10(7-19-8)12-16-13(18-17-12)14(3)6-4-5-11(14)15/h8-11H,4-7,15H2,1-3H3. The molecule has 1 aliphatic carbocycles. The molecule has 2 fully saturated rings. The third-order valence-electron chi connectivity index (χ3n) is 4.80. The Bertz CT molecular complexity index is 481. The SMILES string of the molecule is CC1SCC(c2noc(C3(C)CCCC3N)n2)SC1C. The van der Waals surface area contributed by atoms with Crippen LogP contribution < -0.4 is 5.73 Å². The molecule has 2 heterocycles. The zero-order valence-corrected chi connectivity index (χ0v) is 14.0. The van der Waals surface area contributed by atoms with E-state index in [2.05, 4.69) is 25.9 Å². The second kappa shape index (κ2) is 5.54. The van der Waals surface area contributed by atoms with Crippen LogP contribution in [0.5, 0.6) is 0 Å². The minimum Gasteiger partial charge on any atom is -0.339 e. The molecular weight excluding hydrogens is 290 g/mol. The summed E-state index contributed by atoms with van der Waals surface area (Å²) in [6, 6.07) is 0.142. The number of hydrogen-bond acceptors (Lipinski definition) is 6. The summed E-state index contributed by atoms with van der Waals surface area (Å²) in [5.74, 6) is 2.67. The van der Waals surface area contributed by atoms with Crippen molar-refractivity contribution in [3.63, 3.8) is 0 Å². The molecule has 1 saturated carbocycles. The number of rotatable bonds is 2. The van der Waals surface area contributed by atoms with Crippen molar-refractivity contribution in [3.8, 4) is 0 Å². The van der Waals surface area contributed by atoms with E-state index >= 15 is 0 Å². The first-order valence-corrected chi connectivity index (χ1v) is 9.36. The van der Waals surface area contributed by atoms with Gasteiger partial charge in [0.1, 0.15) is 0 Å². The molecule has 1 saturated heterocycles. The van der Waals surface area contributed by atoms with Crippen molar-refractivity contribution in [2.75, 3.05) is 5.75 Å². The summed E-state index contributed by atoms with van der Waals surface area (Å²) < 4.78 is 5.57. The first-order valence-electron chi connectivity index (χ1n) is 7.37. The summed E-state index contributed by atoms with van der Waals surface area (Å²) in [5, 5.41) is 5.93. The van der Waals surface area contributed by atoms with E-state index in [0.717, 1.165) is 36.7 Å². The molecule has 2 N–H and O–H groups in total. The second-order valence-electron chi connectivity index (χ2n) is 6.24. The highest BCUT2D eigenvalue weighted by molar-refractivity contribution is 8.07. The van der Waals surface area contributed by atoms with Gasteiger partial charge >= 0.3 is 0 Å². The summed E-state index contributed by atoms with van der Waals surface area (Å²) in [4.78, 5) is 4.71. The zero-order valence-electron chi connectivity index (χ0n) is 12.3. The Morgan fingerprint density at radius 1 is 1.35 bits per heavy atom. The van der Waals surface area contributed by atoms with Crippen LogP contribution in [0.4, 0.5) is 0 Å². The van der Waals surface area contributed by atoms with Gasteiger partial charge in [-0.15, -0.1) is 11.8 Å². The molecule has 0 aromatic carbocycles. The molecule has 5 unspecified atom stereocenters. The van der Waals surface area contributed by atoms with Gasteiger partial charge in [-0.2, -0.15) is 16.7 Å². The summed E-state index contributed by atoms with van der Waals surface area (Å²) in [6.07, 6.45) is 3.25. The predicted molar refractivity (Wildman–Crippen MR) is 85.2 cm³/mol. The average molecular weight is 313 g/mol. The fraction of sp³-hybridized carbons (Fsp3) is 0.857. The monoisotopic (exact) mass is 313 g/mol. The van der Waals surface area contributed by atoms with Crippen LogP contribution in [0.15, 0.2) is 4.52 Å². The molecule has 4 nitrogen and oxygen atoms in total. The molecule has 0 bridgehead atoms. The van der Waals surface area contributed by atoms with Gasteiger partial charge in [0.05, 0.1) is 10.7 Å². The Kier molecular flexibility index (Phi) is 4.08. The summed E-state index contributed by atoms with van der Waals surface area (Å²) in [6.45, 7) is 6.73. The van der Waals surface area contributed by atoms with Crippen molar-refractivity contribution >= 4 is 23.5 Å². The van der Waals surface area contributed by atoms with Crippen LogP contribution in [-0.4, -0.2) is 32.4 Å². The third kappa shape index (κ3) is 2.50. The Morgan fingerprint density at radius 3 is 2.80 bits per heavy atom. The van der Waals surface area contributed by atoms with Gasteiger partial charge in [0.25, 0.3) is 0 Å². The van der Waals surface area contributed by atoms with E-state index in [0.29, 0.717) is 15.7 Å². The minimum atomic E-state index is -0.128.